The van der Waals surface area contributed by atoms with Gasteiger partial charge >= 0.3 is 6.09 Å². The predicted octanol–water partition coefficient (Wildman–Crippen LogP) is 2.54. The van der Waals surface area contributed by atoms with E-state index in [4.69, 9.17) is 16.3 Å². The molecule has 0 bridgehead atoms. The fraction of sp³-hybridized carbons (Fsp3) is 0.500. The fourth-order valence-electron chi connectivity index (χ4n) is 2.14. The van der Waals surface area contributed by atoms with Gasteiger partial charge in [0.15, 0.2) is 0 Å². The van der Waals surface area contributed by atoms with E-state index in [1.807, 2.05) is 20.8 Å². The van der Waals surface area contributed by atoms with Gasteiger partial charge in [-0.05, 0) is 45.0 Å². The van der Waals surface area contributed by atoms with Crippen molar-refractivity contribution >= 4 is 23.6 Å². The van der Waals surface area contributed by atoms with Crippen molar-refractivity contribution in [3.05, 3.63) is 34.9 Å². The molecule has 1 N–H and O–H groups in total. The van der Waals surface area contributed by atoms with Crippen LogP contribution in [0.5, 0.6) is 0 Å². The van der Waals surface area contributed by atoms with Gasteiger partial charge in [-0.1, -0.05) is 11.6 Å². The molecule has 0 atom stereocenters. The summed E-state index contributed by atoms with van der Waals surface area (Å²) in [4.78, 5) is 25.8. The summed E-state index contributed by atoms with van der Waals surface area (Å²) in [5.74, 6) is -0.188. The molecule has 1 aliphatic rings. The molecule has 0 saturated carbocycles. The Morgan fingerprint density at radius 2 is 1.65 bits per heavy atom. The number of amides is 2. The molecule has 1 aromatic carbocycles. The minimum Gasteiger partial charge on any atom is -0.444 e. The van der Waals surface area contributed by atoms with Crippen molar-refractivity contribution in [1.29, 1.82) is 0 Å². The number of carbonyl (C=O) groups excluding carboxylic acids is 2. The van der Waals surface area contributed by atoms with Crippen molar-refractivity contribution in [3.8, 4) is 0 Å². The third-order valence-corrected chi connectivity index (χ3v) is 3.55. The highest BCUT2D eigenvalue weighted by Crippen LogP contribution is 2.12. The Morgan fingerprint density at radius 1 is 1.09 bits per heavy atom. The Balaban J connectivity index is 1.81. The average Bonchev–Trinajstić information content (AvgIpc) is 2.46. The number of nitrogens with zero attached hydrogens (tertiary/aromatic N) is 2. The van der Waals surface area contributed by atoms with E-state index in [-0.39, 0.29) is 12.0 Å². The summed E-state index contributed by atoms with van der Waals surface area (Å²) in [5.41, 5.74) is 2.88. The maximum absolute atomic E-state index is 12.1. The van der Waals surface area contributed by atoms with Crippen LogP contribution in [-0.4, -0.2) is 53.7 Å². The molecule has 7 heteroatoms. The molecule has 2 rings (SSSR count). The average molecular weight is 340 g/mol. The second-order valence-corrected chi connectivity index (χ2v) is 6.84. The lowest BCUT2D eigenvalue weighted by Gasteiger charge is -2.35. The number of hydrogen-bond acceptors (Lipinski definition) is 4. The topological polar surface area (TPSA) is 61.9 Å². The molecule has 0 aromatic heterocycles. The maximum atomic E-state index is 12.1. The molecular formula is C16H22ClN3O3. The smallest absolute Gasteiger partial charge is 0.410 e. The number of rotatable bonds is 2. The molecule has 2 amide bonds. The van der Waals surface area contributed by atoms with Crippen molar-refractivity contribution in [3.63, 3.8) is 0 Å². The lowest BCUT2D eigenvalue weighted by atomic mass is 10.2. The van der Waals surface area contributed by atoms with E-state index >= 15 is 0 Å². The van der Waals surface area contributed by atoms with Crippen LogP contribution in [0.25, 0.3) is 0 Å². The first-order chi connectivity index (χ1) is 10.7. The number of ether oxygens (including phenoxy) is 1. The fourth-order valence-corrected chi connectivity index (χ4v) is 2.26. The molecule has 23 heavy (non-hydrogen) atoms. The Kier molecular flexibility index (Phi) is 5.49. The molecule has 0 aliphatic carbocycles. The quantitative estimate of drug-likeness (QED) is 0.899. The van der Waals surface area contributed by atoms with Gasteiger partial charge in [0.2, 0.25) is 0 Å². The third kappa shape index (κ3) is 5.41. The van der Waals surface area contributed by atoms with E-state index in [1.165, 1.54) is 0 Å². The molecule has 1 aromatic rings. The number of benzene rings is 1. The maximum Gasteiger partial charge on any atom is 0.410 e. The Bertz CT molecular complexity index is 561. The first kappa shape index (κ1) is 17.6. The van der Waals surface area contributed by atoms with Crippen LogP contribution in [-0.2, 0) is 4.74 Å². The summed E-state index contributed by atoms with van der Waals surface area (Å²) in [6.45, 7) is 7.65. The SMILES string of the molecule is CC(C)(C)OC(=O)N1CCN(NC(=O)c2ccc(Cl)cc2)CC1. The lowest BCUT2D eigenvalue weighted by molar-refractivity contribution is 0.00975. The summed E-state index contributed by atoms with van der Waals surface area (Å²) in [6.07, 6.45) is -0.318. The second kappa shape index (κ2) is 7.19. The number of nitrogens with one attached hydrogen (secondary N) is 1. The van der Waals surface area contributed by atoms with Crippen molar-refractivity contribution in [2.45, 2.75) is 26.4 Å². The van der Waals surface area contributed by atoms with Gasteiger partial charge in [-0.2, -0.15) is 0 Å². The molecular weight excluding hydrogens is 318 g/mol. The minimum absolute atomic E-state index is 0.188. The van der Waals surface area contributed by atoms with Gasteiger partial charge in [0.05, 0.1) is 0 Å². The molecule has 1 aliphatic heterocycles. The molecule has 1 fully saturated rings. The van der Waals surface area contributed by atoms with Gasteiger partial charge < -0.3 is 9.64 Å². The van der Waals surface area contributed by atoms with Gasteiger partial charge in [0.25, 0.3) is 5.91 Å². The highest BCUT2D eigenvalue weighted by Gasteiger charge is 2.26. The normalized spacial score (nSPS) is 16.1. The van der Waals surface area contributed by atoms with Crippen molar-refractivity contribution in [2.24, 2.45) is 0 Å². The van der Waals surface area contributed by atoms with Crippen LogP contribution in [0.3, 0.4) is 0 Å². The van der Waals surface area contributed by atoms with Gasteiger partial charge in [0, 0.05) is 36.8 Å². The van der Waals surface area contributed by atoms with Gasteiger partial charge in [-0.25, -0.2) is 9.80 Å². The number of carbonyl (C=O) groups is 2. The highest BCUT2D eigenvalue weighted by molar-refractivity contribution is 6.30. The second-order valence-electron chi connectivity index (χ2n) is 6.40. The van der Waals surface area contributed by atoms with E-state index < -0.39 is 5.60 Å². The molecule has 0 unspecified atom stereocenters. The zero-order valence-electron chi connectivity index (χ0n) is 13.6. The first-order valence-corrected chi connectivity index (χ1v) is 7.92. The van der Waals surface area contributed by atoms with Crippen LogP contribution >= 0.6 is 11.6 Å². The van der Waals surface area contributed by atoms with Crippen LogP contribution < -0.4 is 5.43 Å². The van der Waals surface area contributed by atoms with E-state index in [0.29, 0.717) is 36.8 Å². The number of halogens is 1. The van der Waals surface area contributed by atoms with E-state index in [1.54, 1.807) is 34.2 Å². The molecule has 6 nitrogen and oxygen atoms in total. The number of hydrogen-bond donors (Lipinski definition) is 1. The van der Waals surface area contributed by atoms with Crippen LogP contribution in [0, 0.1) is 0 Å². The molecule has 1 heterocycles. The van der Waals surface area contributed by atoms with E-state index in [2.05, 4.69) is 5.43 Å². The standard InChI is InChI=1S/C16H22ClN3O3/c1-16(2,3)23-15(22)19-8-10-20(11-9-19)18-14(21)12-4-6-13(17)7-5-12/h4-7H,8-11H2,1-3H3,(H,18,21). The first-order valence-electron chi connectivity index (χ1n) is 7.54. The van der Waals surface area contributed by atoms with Crippen LogP contribution in [0.1, 0.15) is 31.1 Å². The Labute approximate surface area is 141 Å². The summed E-state index contributed by atoms with van der Waals surface area (Å²) in [7, 11) is 0. The third-order valence-electron chi connectivity index (χ3n) is 3.30. The number of piperazine rings is 1. The van der Waals surface area contributed by atoms with Crippen LogP contribution in [0.2, 0.25) is 5.02 Å². The lowest BCUT2D eigenvalue weighted by Crippen LogP contribution is -2.55. The number of hydrazine groups is 1. The summed E-state index contributed by atoms with van der Waals surface area (Å²) in [5, 5.41) is 2.39. The van der Waals surface area contributed by atoms with Gasteiger partial charge in [-0.15, -0.1) is 0 Å². The molecule has 126 valence electrons. The van der Waals surface area contributed by atoms with E-state index in [9.17, 15) is 9.59 Å². The highest BCUT2D eigenvalue weighted by atomic mass is 35.5. The van der Waals surface area contributed by atoms with E-state index in [0.717, 1.165) is 0 Å². The minimum atomic E-state index is -0.503. The van der Waals surface area contributed by atoms with Crippen molar-refractivity contribution in [1.82, 2.24) is 15.3 Å². The predicted molar refractivity (Wildman–Crippen MR) is 88.3 cm³/mol. The summed E-state index contributed by atoms with van der Waals surface area (Å²) >= 11 is 5.81. The molecule has 1 saturated heterocycles. The largest absolute Gasteiger partial charge is 0.444 e. The Hall–Kier alpha value is -1.79. The summed E-state index contributed by atoms with van der Waals surface area (Å²) < 4.78 is 5.34. The van der Waals surface area contributed by atoms with Gasteiger partial charge in [-0.3, -0.25) is 10.2 Å². The monoisotopic (exact) mass is 339 g/mol. The van der Waals surface area contributed by atoms with Crippen LogP contribution in [0.15, 0.2) is 24.3 Å². The molecule has 0 spiro atoms. The van der Waals surface area contributed by atoms with Crippen LogP contribution in [0.4, 0.5) is 4.79 Å². The Morgan fingerprint density at radius 3 is 2.17 bits per heavy atom. The zero-order chi connectivity index (χ0) is 17.0. The van der Waals surface area contributed by atoms with Gasteiger partial charge in [0.1, 0.15) is 5.60 Å². The van der Waals surface area contributed by atoms with Crippen molar-refractivity contribution < 1.29 is 14.3 Å². The summed E-state index contributed by atoms with van der Waals surface area (Å²) in [6, 6.07) is 6.71. The molecule has 0 radical (unpaired) electrons. The van der Waals surface area contributed by atoms with Crippen molar-refractivity contribution in [2.75, 3.05) is 26.2 Å². The zero-order valence-corrected chi connectivity index (χ0v) is 14.4.